The van der Waals surface area contributed by atoms with Crippen LogP contribution >= 0.6 is 0 Å². The highest BCUT2D eigenvalue weighted by Gasteiger charge is 2.55. The smallest absolute Gasteiger partial charge is 0.168 e. The monoisotopic (exact) mass is 499 g/mol. The average molecular weight is 500 g/mol. The SMILES string of the molecule is CCC[C@@]12CCC3(C[C@H]1CCc1c(-c4ccccc4F)nc(-c4ccnc(C5CC5)c4)nc12)OCCO3. The molecule has 6 heteroatoms. The third kappa shape index (κ3) is 3.91. The van der Waals surface area contributed by atoms with Gasteiger partial charge in [-0.25, -0.2) is 14.4 Å². The molecule has 4 aliphatic rings. The first kappa shape index (κ1) is 23.4. The standard InChI is InChI=1S/C31H34FN3O2/c1-2-12-30-13-14-31(36-16-17-37-31)19-22(30)9-10-24-27(23-5-3-4-6-25(23)32)34-29(35-28(24)30)21-11-15-33-26(18-21)20-7-8-20/h3-6,11,15,18,20,22H,2,7-10,12-14,16-17,19H2,1H3/t22-,30-/m1/s1. The van der Waals surface area contributed by atoms with Crippen LogP contribution in [0.25, 0.3) is 22.6 Å². The van der Waals surface area contributed by atoms with Gasteiger partial charge < -0.3 is 9.47 Å². The van der Waals surface area contributed by atoms with Gasteiger partial charge in [0.15, 0.2) is 11.6 Å². The van der Waals surface area contributed by atoms with E-state index in [4.69, 9.17) is 19.4 Å². The van der Waals surface area contributed by atoms with E-state index >= 15 is 4.39 Å². The Morgan fingerprint density at radius 1 is 1.03 bits per heavy atom. The number of benzene rings is 1. The number of hydrogen-bond acceptors (Lipinski definition) is 5. The van der Waals surface area contributed by atoms with Crippen molar-refractivity contribution in [1.29, 1.82) is 0 Å². The summed E-state index contributed by atoms with van der Waals surface area (Å²) in [4.78, 5) is 15.1. The molecule has 3 aliphatic carbocycles. The van der Waals surface area contributed by atoms with Crippen molar-refractivity contribution in [2.75, 3.05) is 13.2 Å². The van der Waals surface area contributed by atoms with Crippen LogP contribution in [0.3, 0.4) is 0 Å². The molecule has 1 saturated heterocycles. The van der Waals surface area contributed by atoms with E-state index in [0.29, 0.717) is 36.4 Å². The summed E-state index contributed by atoms with van der Waals surface area (Å²) in [5.74, 6) is 0.979. The highest BCUT2D eigenvalue weighted by molar-refractivity contribution is 5.69. The van der Waals surface area contributed by atoms with E-state index in [1.165, 1.54) is 18.9 Å². The van der Waals surface area contributed by atoms with E-state index in [2.05, 4.69) is 18.0 Å². The molecule has 0 amide bonds. The Morgan fingerprint density at radius 3 is 2.65 bits per heavy atom. The fourth-order valence-electron chi connectivity index (χ4n) is 7.28. The number of hydrogen-bond donors (Lipinski definition) is 0. The average Bonchev–Trinajstić information content (AvgIpc) is 3.69. The zero-order chi connectivity index (χ0) is 25.0. The molecular formula is C31H34FN3O2. The second-order valence-corrected chi connectivity index (χ2v) is 11.4. The molecule has 0 unspecified atom stereocenters. The maximum absolute atomic E-state index is 15.2. The molecule has 192 valence electrons. The lowest BCUT2D eigenvalue weighted by Crippen LogP contribution is -2.51. The molecule has 3 fully saturated rings. The van der Waals surface area contributed by atoms with Gasteiger partial charge in [-0.05, 0) is 68.7 Å². The fourth-order valence-corrected chi connectivity index (χ4v) is 7.28. The molecule has 1 spiro atoms. The van der Waals surface area contributed by atoms with Crippen molar-refractivity contribution in [2.24, 2.45) is 5.92 Å². The highest BCUT2D eigenvalue weighted by atomic mass is 19.1. The fraction of sp³-hybridized carbons (Fsp3) is 0.516. The zero-order valence-electron chi connectivity index (χ0n) is 21.5. The molecule has 1 aliphatic heterocycles. The summed E-state index contributed by atoms with van der Waals surface area (Å²) in [5, 5.41) is 0. The summed E-state index contributed by atoms with van der Waals surface area (Å²) in [5.41, 5.74) is 5.59. The summed E-state index contributed by atoms with van der Waals surface area (Å²) in [6, 6.07) is 11.2. The number of aromatic nitrogens is 3. The van der Waals surface area contributed by atoms with Crippen molar-refractivity contribution in [3.05, 3.63) is 65.4 Å². The van der Waals surface area contributed by atoms with Gasteiger partial charge in [-0.1, -0.05) is 25.5 Å². The number of nitrogens with zero attached hydrogens (tertiary/aromatic N) is 3. The summed E-state index contributed by atoms with van der Waals surface area (Å²) in [6.07, 6.45) is 11.0. The summed E-state index contributed by atoms with van der Waals surface area (Å²) in [7, 11) is 0. The van der Waals surface area contributed by atoms with Gasteiger partial charge in [0.1, 0.15) is 5.82 Å². The van der Waals surface area contributed by atoms with Crippen molar-refractivity contribution in [3.63, 3.8) is 0 Å². The largest absolute Gasteiger partial charge is 0.348 e. The van der Waals surface area contributed by atoms with Crippen LogP contribution in [0, 0.1) is 11.7 Å². The first-order chi connectivity index (χ1) is 18.1. The van der Waals surface area contributed by atoms with Crippen molar-refractivity contribution in [1.82, 2.24) is 15.0 Å². The lowest BCUT2D eigenvalue weighted by atomic mass is 9.55. The third-order valence-corrected chi connectivity index (χ3v) is 9.19. The number of rotatable bonds is 5. The van der Waals surface area contributed by atoms with Crippen LogP contribution < -0.4 is 0 Å². The minimum absolute atomic E-state index is 0.0764. The maximum atomic E-state index is 15.2. The minimum atomic E-state index is -0.437. The van der Waals surface area contributed by atoms with E-state index < -0.39 is 5.79 Å². The predicted octanol–water partition coefficient (Wildman–Crippen LogP) is 6.75. The molecule has 2 saturated carbocycles. The highest BCUT2D eigenvalue weighted by Crippen LogP contribution is 2.57. The molecule has 1 aromatic carbocycles. The van der Waals surface area contributed by atoms with E-state index in [1.54, 1.807) is 6.07 Å². The normalized spacial score (nSPS) is 26.2. The summed E-state index contributed by atoms with van der Waals surface area (Å²) < 4.78 is 27.6. The van der Waals surface area contributed by atoms with Gasteiger partial charge in [-0.2, -0.15) is 0 Å². The Labute approximate surface area is 217 Å². The van der Waals surface area contributed by atoms with Crippen LogP contribution in [0.4, 0.5) is 4.39 Å². The Hall–Kier alpha value is -2.70. The zero-order valence-corrected chi connectivity index (χ0v) is 21.5. The molecule has 2 aromatic heterocycles. The first-order valence-electron chi connectivity index (χ1n) is 14.0. The molecule has 3 aromatic rings. The van der Waals surface area contributed by atoms with Gasteiger partial charge in [0, 0.05) is 52.8 Å². The molecule has 0 bridgehead atoms. The molecule has 0 radical (unpaired) electrons. The first-order valence-corrected chi connectivity index (χ1v) is 14.0. The number of halogens is 1. The van der Waals surface area contributed by atoms with Gasteiger partial charge in [-0.3, -0.25) is 4.98 Å². The van der Waals surface area contributed by atoms with Gasteiger partial charge >= 0.3 is 0 Å². The van der Waals surface area contributed by atoms with Gasteiger partial charge in [0.25, 0.3) is 0 Å². The molecule has 3 heterocycles. The van der Waals surface area contributed by atoms with E-state index in [0.717, 1.165) is 73.2 Å². The van der Waals surface area contributed by atoms with Crippen LogP contribution in [-0.4, -0.2) is 34.0 Å². The van der Waals surface area contributed by atoms with Crippen LogP contribution in [0.2, 0.25) is 0 Å². The lowest BCUT2D eigenvalue weighted by Gasteiger charge is -2.52. The lowest BCUT2D eigenvalue weighted by molar-refractivity contribution is -0.201. The van der Waals surface area contributed by atoms with Crippen LogP contribution in [0.5, 0.6) is 0 Å². The Bertz CT molecular complexity index is 1330. The van der Waals surface area contributed by atoms with Gasteiger partial charge in [0.2, 0.25) is 0 Å². The second kappa shape index (κ2) is 8.95. The second-order valence-electron chi connectivity index (χ2n) is 11.4. The molecule has 7 rings (SSSR count). The number of pyridine rings is 1. The molecule has 5 nitrogen and oxygen atoms in total. The summed E-state index contributed by atoms with van der Waals surface area (Å²) in [6.45, 7) is 3.62. The van der Waals surface area contributed by atoms with Crippen LogP contribution in [0.1, 0.15) is 81.2 Å². The van der Waals surface area contributed by atoms with Gasteiger partial charge in [0.05, 0.1) is 24.6 Å². The van der Waals surface area contributed by atoms with Crippen molar-refractivity contribution >= 4 is 0 Å². The van der Waals surface area contributed by atoms with Gasteiger partial charge in [-0.15, -0.1) is 0 Å². The Balaban J connectivity index is 1.42. The Morgan fingerprint density at radius 2 is 1.86 bits per heavy atom. The van der Waals surface area contributed by atoms with E-state index in [-0.39, 0.29) is 11.2 Å². The van der Waals surface area contributed by atoms with Crippen LogP contribution in [0.15, 0.2) is 42.6 Å². The maximum Gasteiger partial charge on any atom is 0.168 e. The molecule has 2 atom stereocenters. The molecular weight excluding hydrogens is 465 g/mol. The molecule has 37 heavy (non-hydrogen) atoms. The Kier molecular flexibility index (Phi) is 5.67. The number of fused-ring (bicyclic) bond motifs is 3. The predicted molar refractivity (Wildman–Crippen MR) is 140 cm³/mol. The van der Waals surface area contributed by atoms with Crippen LogP contribution in [-0.2, 0) is 21.3 Å². The third-order valence-electron chi connectivity index (χ3n) is 9.19. The van der Waals surface area contributed by atoms with Crippen molar-refractivity contribution in [3.8, 4) is 22.6 Å². The number of ether oxygens (including phenoxy) is 2. The van der Waals surface area contributed by atoms with E-state index in [9.17, 15) is 0 Å². The minimum Gasteiger partial charge on any atom is -0.348 e. The van der Waals surface area contributed by atoms with Crippen molar-refractivity contribution in [2.45, 2.75) is 81.8 Å². The quantitative estimate of drug-likeness (QED) is 0.389. The van der Waals surface area contributed by atoms with E-state index in [1.807, 2.05) is 24.4 Å². The van der Waals surface area contributed by atoms with Crippen molar-refractivity contribution < 1.29 is 13.9 Å². The summed E-state index contributed by atoms with van der Waals surface area (Å²) >= 11 is 0. The molecule has 0 N–H and O–H groups in total. The topological polar surface area (TPSA) is 57.1 Å².